The summed E-state index contributed by atoms with van der Waals surface area (Å²) in [5.41, 5.74) is -0.0283. The van der Waals surface area contributed by atoms with Crippen molar-refractivity contribution in [1.29, 1.82) is 0 Å². The Morgan fingerprint density at radius 1 is 1.00 bits per heavy atom. The first-order valence-corrected chi connectivity index (χ1v) is 6.42. The van der Waals surface area contributed by atoms with Crippen molar-refractivity contribution >= 4 is 16.7 Å². The highest BCUT2D eigenvalue weighted by Gasteiger charge is 2.17. The number of hydrogen-bond donors (Lipinski definition) is 2. The highest BCUT2D eigenvalue weighted by molar-refractivity contribution is 6.02. The van der Waals surface area contributed by atoms with E-state index in [1.54, 1.807) is 18.2 Å². The van der Waals surface area contributed by atoms with Crippen LogP contribution in [0.25, 0.3) is 21.9 Å². The van der Waals surface area contributed by atoms with E-state index in [-0.39, 0.29) is 16.7 Å². The van der Waals surface area contributed by atoms with Crippen LogP contribution in [-0.4, -0.2) is 16.2 Å². The first-order valence-electron chi connectivity index (χ1n) is 6.42. The van der Waals surface area contributed by atoms with Gasteiger partial charge in [-0.2, -0.15) is 0 Å². The van der Waals surface area contributed by atoms with Crippen molar-refractivity contribution < 1.29 is 23.8 Å². The van der Waals surface area contributed by atoms with Gasteiger partial charge in [0.1, 0.15) is 5.75 Å². The smallest absolute Gasteiger partial charge is 0.335 e. The largest absolute Gasteiger partial charge is 0.507 e. The van der Waals surface area contributed by atoms with Crippen LogP contribution in [0.3, 0.4) is 0 Å². The molecule has 0 atom stereocenters. The maximum atomic E-state index is 14.1. The van der Waals surface area contributed by atoms with E-state index >= 15 is 0 Å². The molecule has 22 heavy (non-hydrogen) atoms. The number of carbonyl (C=O) groups is 1. The van der Waals surface area contributed by atoms with Crippen molar-refractivity contribution in [1.82, 2.24) is 0 Å². The molecule has 0 amide bonds. The quantitative estimate of drug-likeness (QED) is 0.746. The van der Waals surface area contributed by atoms with E-state index in [4.69, 9.17) is 5.11 Å². The van der Waals surface area contributed by atoms with Crippen LogP contribution in [0.1, 0.15) is 10.4 Å². The summed E-state index contributed by atoms with van der Waals surface area (Å²) in [6, 6.07) is 11.1. The van der Waals surface area contributed by atoms with Gasteiger partial charge in [-0.25, -0.2) is 13.6 Å². The van der Waals surface area contributed by atoms with Crippen LogP contribution in [0, 0.1) is 11.6 Å². The number of halogens is 2. The number of phenolic OH excluding ortho intramolecular Hbond substituents is 1. The van der Waals surface area contributed by atoms with Crippen LogP contribution in [0.5, 0.6) is 5.75 Å². The molecule has 5 heteroatoms. The highest BCUT2D eigenvalue weighted by atomic mass is 19.2. The second-order valence-electron chi connectivity index (χ2n) is 4.80. The van der Waals surface area contributed by atoms with Crippen molar-refractivity contribution in [3.63, 3.8) is 0 Å². The summed E-state index contributed by atoms with van der Waals surface area (Å²) in [7, 11) is 0. The Labute approximate surface area is 124 Å². The van der Waals surface area contributed by atoms with Gasteiger partial charge in [0.25, 0.3) is 0 Å². The molecule has 0 radical (unpaired) electrons. The predicted octanol–water partition coefficient (Wildman–Crippen LogP) is 4.19. The van der Waals surface area contributed by atoms with Crippen LogP contribution < -0.4 is 0 Å². The second kappa shape index (κ2) is 5.11. The summed E-state index contributed by atoms with van der Waals surface area (Å²) in [6.45, 7) is 0. The average molecular weight is 300 g/mol. The fourth-order valence-corrected chi connectivity index (χ4v) is 2.42. The number of rotatable bonds is 2. The lowest BCUT2D eigenvalue weighted by Crippen LogP contribution is -1.96. The molecule has 0 spiro atoms. The van der Waals surface area contributed by atoms with Crippen LogP contribution in [-0.2, 0) is 0 Å². The van der Waals surface area contributed by atoms with Gasteiger partial charge in [0.05, 0.1) is 11.1 Å². The van der Waals surface area contributed by atoms with Gasteiger partial charge in [-0.05, 0) is 40.6 Å². The van der Waals surface area contributed by atoms with Gasteiger partial charge < -0.3 is 10.2 Å². The Balaban J connectivity index is 2.39. The minimum absolute atomic E-state index is 0.0243. The molecule has 0 unspecified atom stereocenters. The van der Waals surface area contributed by atoms with Gasteiger partial charge >= 0.3 is 5.97 Å². The monoisotopic (exact) mass is 300 g/mol. The van der Waals surface area contributed by atoms with Crippen molar-refractivity contribution in [3.8, 4) is 16.9 Å². The summed E-state index contributed by atoms with van der Waals surface area (Å²) < 4.78 is 27.6. The van der Waals surface area contributed by atoms with E-state index in [9.17, 15) is 18.7 Å². The topological polar surface area (TPSA) is 57.5 Å². The van der Waals surface area contributed by atoms with Gasteiger partial charge in [-0.3, -0.25) is 0 Å². The lowest BCUT2D eigenvalue weighted by atomic mass is 9.95. The molecule has 0 heterocycles. The minimum Gasteiger partial charge on any atom is -0.507 e. The maximum absolute atomic E-state index is 14.1. The molecule has 3 rings (SSSR count). The molecule has 0 aliphatic carbocycles. The zero-order chi connectivity index (χ0) is 15.9. The molecule has 3 nitrogen and oxygen atoms in total. The number of benzene rings is 3. The first kappa shape index (κ1) is 14.0. The van der Waals surface area contributed by atoms with Crippen LogP contribution >= 0.6 is 0 Å². The molecule has 0 saturated heterocycles. The third-order valence-electron chi connectivity index (χ3n) is 3.47. The van der Waals surface area contributed by atoms with Crippen LogP contribution in [0.2, 0.25) is 0 Å². The van der Waals surface area contributed by atoms with Gasteiger partial charge in [-0.1, -0.05) is 24.3 Å². The van der Waals surface area contributed by atoms with Gasteiger partial charge in [0, 0.05) is 0 Å². The van der Waals surface area contributed by atoms with E-state index in [2.05, 4.69) is 0 Å². The predicted molar refractivity (Wildman–Crippen MR) is 77.9 cm³/mol. The zero-order valence-electron chi connectivity index (χ0n) is 11.2. The van der Waals surface area contributed by atoms with Gasteiger partial charge in [-0.15, -0.1) is 0 Å². The number of aromatic carboxylic acids is 1. The molecule has 3 aromatic rings. The molecule has 0 aliphatic rings. The second-order valence-corrected chi connectivity index (χ2v) is 4.80. The highest BCUT2D eigenvalue weighted by Crippen LogP contribution is 2.37. The van der Waals surface area contributed by atoms with Crippen LogP contribution in [0.15, 0.2) is 48.5 Å². The number of phenols is 1. The summed E-state index contributed by atoms with van der Waals surface area (Å²) in [4.78, 5) is 11.1. The third-order valence-corrected chi connectivity index (χ3v) is 3.47. The molecular formula is C17H10F2O3. The van der Waals surface area contributed by atoms with Crippen LogP contribution in [0.4, 0.5) is 8.78 Å². The van der Waals surface area contributed by atoms with E-state index in [0.717, 1.165) is 12.1 Å². The first-order chi connectivity index (χ1) is 10.5. The fourth-order valence-electron chi connectivity index (χ4n) is 2.42. The molecule has 2 N–H and O–H groups in total. The molecular weight excluding hydrogens is 290 g/mol. The Kier molecular flexibility index (Phi) is 3.25. The van der Waals surface area contributed by atoms with Crippen molar-refractivity contribution in [2.24, 2.45) is 0 Å². The number of fused-ring (bicyclic) bond motifs is 1. The Hall–Kier alpha value is -2.95. The SMILES string of the molecule is O=C(O)c1ccc2cccc(-c3c(O)ccc(F)c3F)c2c1. The average Bonchev–Trinajstić information content (AvgIpc) is 2.51. The fraction of sp³-hybridized carbons (Fsp3) is 0. The summed E-state index contributed by atoms with van der Waals surface area (Å²) in [5, 5.41) is 20.0. The summed E-state index contributed by atoms with van der Waals surface area (Å²) in [6.07, 6.45) is 0. The summed E-state index contributed by atoms with van der Waals surface area (Å²) >= 11 is 0. The van der Waals surface area contributed by atoms with Crippen molar-refractivity contribution in [2.45, 2.75) is 0 Å². The molecule has 0 aliphatic heterocycles. The van der Waals surface area contributed by atoms with Crippen molar-refractivity contribution in [2.75, 3.05) is 0 Å². The molecule has 3 aromatic carbocycles. The Bertz CT molecular complexity index is 904. The normalized spacial score (nSPS) is 10.8. The lowest BCUT2D eigenvalue weighted by molar-refractivity contribution is 0.0697. The maximum Gasteiger partial charge on any atom is 0.335 e. The lowest BCUT2D eigenvalue weighted by Gasteiger charge is -2.11. The van der Waals surface area contributed by atoms with Crippen molar-refractivity contribution in [3.05, 3.63) is 65.7 Å². The number of aromatic hydroxyl groups is 1. The third kappa shape index (κ3) is 2.16. The standard InChI is InChI=1S/C17H10F2O3/c18-13-6-7-14(20)15(16(13)19)11-3-1-2-9-4-5-10(17(21)22)8-12(9)11/h1-8,20H,(H,21,22). The molecule has 0 aromatic heterocycles. The molecule has 0 saturated carbocycles. The van der Waals surface area contributed by atoms with E-state index in [0.29, 0.717) is 10.8 Å². The molecule has 110 valence electrons. The Morgan fingerprint density at radius 3 is 2.50 bits per heavy atom. The summed E-state index contributed by atoms with van der Waals surface area (Å²) in [5.74, 6) is -3.79. The number of carboxylic acids is 1. The molecule has 0 fully saturated rings. The van der Waals surface area contributed by atoms with Gasteiger partial charge in [0.15, 0.2) is 11.6 Å². The van der Waals surface area contributed by atoms with E-state index < -0.39 is 23.4 Å². The number of carboxylic acid groups (broad SMARTS) is 1. The van der Waals surface area contributed by atoms with E-state index in [1.807, 2.05) is 0 Å². The van der Waals surface area contributed by atoms with Gasteiger partial charge in [0.2, 0.25) is 0 Å². The Morgan fingerprint density at radius 2 is 1.77 bits per heavy atom. The van der Waals surface area contributed by atoms with E-state index in [1.165, 1.54) is 18.2 Å². The zero-order valence-corrected chi connectivity index (χ0v) is 11.2. The molecule has 0 bridgehead atoms. The minimum atomic E-state index is -1.17. The number of hydrogen-bond acceptors (Lipinski definition) is 2.